The van der Waals surface area contributed by atoms with E-state index in [0.717, 1.165) is 38.2 Å². The largest absolute Gasteiger partial charge is 0.336 e. The van der Waals surface area contributed by atoms with E-state index in [1.54, 1.807) is 0 Å². The zero-order chi connectivity index (χ0) is 19.8. The summed E-state index contributed by atoms with van der Waals surface area (Å²) in [6.45, 7) is 11.9. The Morgan fingerprint density at radius 2 is 1.96 bits per heavy atom. The summed E-state index contributed by atoms with van der Waals surface area (Å²) in [5.41, 5.74) is 1.55. The molecule has 0 radical (unpaired) electrons. The van der Waals surface area contributed by atoms with Crippen LogP contribution in [-0.2, 0) is 4.79 Å². The van der Waals surface area contributed by atoms with Crippen molar-refractivity contribution in [2.24, 2.45) is 5.92 Å². The zero-order valence-corrected chi connectivity index (χ0v) is 17.1. The van der Waals surface area contributed by atoms with Crippen LogP contribution >= 0.6 is 0 Å². The second kappa shape index (κ2) is 10.3. The molecule has 0 bridgehead atoms. The van der Waals surface area contributed by atoms with Crippen LogP contribution in [0, 0.1) is 5.92 Å². The predicted molar refractivity (Wildman–Crippen MR) is 111 cm³/mol. The van der Waals surface area contributed by atoms with Crippen molar-refractivity contribution in [3.63, 3.8) is 0 Å². The third-order valence-corrected chi connectivity index (χ3v) is 5.26. The Balaban J connectivity index is 1.95. The Bertz CT molecular complexity index is 628. The minimum atomic E-state index is -0.213. The van der Waals surface area contributed by atoms with Crippen molar-refractivity contribution in [2.75, 3.05) is 36.4 Å². The number of nitrogens with one attached hydrogen (secondary N) is 2. The van der Waals surface area contributed by atoms with Crippen LogP contribution in [0.2, 0.25) is 0 Å². The smallest absolute Gasteiger partial charge is 0.319 e. The fourth-order valence-corrected chi connectivity index (χ4v) is 3.68. The molecule has 6 heteroatoms. The number of urea groups is 1. The van der Waals surface area contributed by atoms with E-state index in [4.69, 9.17) is 0 Å². The number of benzene rings is 1. The molecule has 1 aliphatic rings. The summed E-state index contributed by atoms with van der Waals surface area (Å²) in [6, 6.07) is 7.61. The topological polar surface area (TPSA) is 64.7 Å². The number of hydrogen-bond acceptors (Lipinski definition) is 3. The van der Waals surface area contributed by atoms with Crippen LogP contribution in [-0.4, -0.2) is 49.1 Å². The standard InChI is InChI=1S/C21H34N4O2/c1-5-24(6-2)19(16(3)4)15-22-21(27)23-17-10-9-11-18(14-17)25-13-8-7-12-20(25)26/h9-11,14,16,19H,5-8,12-13,15H2,1-4H3,(H2,22,23,27)/t19-/m1/s1. The van der Waals surface area contributed by atoms with Gasteiger partial charge in [-0.05, 0) is 50.0 Å². The molecular weight excluding hydrogens is 340 g/mol. The molecule has 2 N–H and O–H groups in total. The lowest BCUT2D eigenvalue weighted by atomic mass is 10.0. The number of piperidine rings is 1. The summed E-state index contributed by atoms with van der Waals surface area (Å²) in [5.74, 6) is 0.612. The van der Waals surface area contributed by atoms with Crippen LogP contribution < -0.4 is 15.5 Å². The molecule has 0 saturated carbocycles. The number of anilines is 2. The molecule has 1 atom stereocenters. The normalized spacial score (nSPS) is 15.9. The Labute approximate surface area is 163 Å². The second-order valence-corrected chi connectivity index (χ2v) is 7.42. The van der Waals surface area contributed by atoms with Gasteiger partial charge in [-0.25, -0.2) is 4.79 Å². The maximum atomic E-state index is 12.4. The lowest BCUT2D eigenvalue weighted by Gasteiger charge is -2.32. The average Bonchev–Trinajstić information content (AvgIpc) is 2.65. The molecule has 1 fully saturated rings. The van der Waals surface area contributed by atoms with Gasteiger partial charge in [-0.3, -0.25) is 9.69 Å². The van der Waals surface area contributed by atoms with Gasteiger partial charge in [0, 0.05) is 36.9 Å². The van der Waals surface area contributed by atoms with Gasteiger partial charge in [-0.15, -0.1) is 0 Å². The predicted octanol–water partition coefficient (Wildman–Crippen LogP) is 3.69. The van der Waals surface area contributed by atoms with E-state index in [0.29, 0.717) is 30.6 Å². The first-order valence-corrected chi connectivity index (χ1v) is 10.2. The molecular formula is C21H34N4O2. The molecule has 150 valence electrons. The number of amides is 3. The molecule has 0 aromatic heterocycles. The van der Waals surface area contributed by atoms with Gasteiger partial charge in [-0.1, -0.05) is 33.8 Å². The van der Waals surface area contributed by atoms with E-state index >= 15 is 0 Å². The van der Waals surface area contributed by atoms with Crippen LogP contribution in [0.15, 0.2) is 24.3 Å². The van der Waals surface area contributed by atoms with Gasteiger partial charge < -0.3 is 15.5 Å². The summed E-state index contributed by atoms with van der Waals surface area (Å²) in [4.78, 5) is 28.7. The van der Waals surface area contributed by atoms with Crippen molar-refractivity contribution in [2.45, 2.75) is 53.0 Å². The highest BCUT2D eigenvalue weighted by atomic mass is 16.2. The van der Waals surface area contributed by atoms with Crippen LogP contribution in [0.3, 0.4) is 0 Å². The van der Waals surface area contributed by atoms with Crippen molar-refractivity contribution < 1.29 is 9.59 Å². The summed E-state index contributed by atoms with van der Waals surface area (Å²) in [7, 11) is 0. The number of hydrogen-bond donors (Lipinski definition) is 2. The molecule has 2 rings (SSSR count). The van der Waals surface area contributed by atoms with Crippen molar-refractivity contribution in [3.05, 3.63) is 24.3 Å². The minimum Gasteiger partial charge on any atom is -0.336 e. The van der Waals surface area contributed by atoms with Crippen LogP contribution in [0.4, 0.5) is 16.2 Å². The van der Waals surface area contributed by atoms with Gasteiger partial charge in [-0.2, -0.15) is 0 Å². The van der Waals surface area contributed by atoms with Gasteiger partial charge >= 0.3 is 6.03 Å². The Morgan fingerprint density at radius 3 is 2.59 bits per heavy atom. The molecule has 1 aromatic carbocycles. The number of carbonyl (C=O) groups excluding carboxylic acids is 2. The molecule has 1 aromatic rings. The Morgan fingerprint density at radius 1 is 1.22 bits per heavy atom. The van der Waals surface area contributed by atoms with E-state index in [1.165, 1.54) is 0 Å². The first-order valence-electron chi connectivity index (χ1n) is 10.2. The Kier molecular flexibility index (Phi) is 8.10. The molecule has 3 amide bonds. The molecule has 0 aliphatic carbocycles. The lowest BCUT2D eigenvalue weighted by molar-refractivity contribution is -0.119. The average molecular weight is 375 g/mol. The van der Waals surface area contributed by atoms with E-state index < -0.39 is 0 Å². The number of rotatable bonds is 8. The molecule has 0 spiro atoms. The Hall–Kier alpha value is -2.08. The van der Waals surface area contributed by atoms with E-state index in [1.807, 2.05) is 29.2 Å². The highest BCUT2D eigenvalue weighted by Gasteiger charge is 2.21. The van der Waals surface area contributed by atoms with E-state index in [-0.39, 0.29) is 11.9 Å². The van der Waals surface area contributed by atoms with E-state index in [9.17, 15) is 9.59 Å². The highest BCUT2D eigenvalue weighted by molar-refractivity contribution is 5.95. The van der Waals surface area contributed by atoms with Crippen LogP contribution in [0.5, 0.6) is 0 Å². The highest BCUT2D eigenvalue weighted by Crippen LogP contribution is 2.23. The minimum absolute atomic E-state index is 0.154. The van der Waals surface area contributed by atoms with Gasteiger partial charge in [0.15, 0.2) is 0 Å². The number of likely N-dealkylation sites (N-methyl/N-ethyl adjacent to an activating group) is 1. The second-order valence-electron chi connectivity index (χ2n) is 7.42. The van der Waals surface area contributed by atoms with Crippen LogP contribution in [0.25, 0.3) is 0 Å². The summed E-state index contributed by atoms with van der Waals surface area (Å²) >= 11 is 0. The quantitative estimate of drug-likeness (QED) is 0.729. The summed E-state index contributed by atoms with van der Waals surface area (Å²) in [5, 5.41) is 5.90. The maximum absolute atomic E-state index is 12.4. The van der Waals surface area contributed by atoms with E-state index in [2.05, 4.69) is 43.2 Å². The molecule has 1 aliphatic heterocycles. The van der Waals surface area contributed by atoms with Gasteiger partial charge in [0.25, 0.3) is 0 Å². The van der Waals surface area contributed by atoms with Crippen molar-refractivity contribution >= 4 is 23.3 Å². The monoisotopic (exact) mass is 374 g/mol. The van der Waals surface area contributed by atoms with Crippen molar-refractivity contribution in [1.82, 2.24) is 10.2 Å². The molecule has 1 heterocycles. The number of nitrogens with zero attached hydrogens (tertiary/aromatic N) is 2. The zero-order valence-electron chi connectivity index (χ0n) is 17.1. The molecule has 0 unspecified atom stereocenters. The summed E-state index contributed by atoms with van der Waals surface area (Å²) in [6.07, 6.45) is 2.57. The summed E-state index contributed by atoms with van der Waals surface area (Å²) < 4.78 is 0. The first-order chi connectivity index (χ1) is 13.0. The fourth-order valence-electron chi connectivity index (χ4n) is 3.68. The van der Waals surface area contributed by atoms with Gasteiger partial charge in [0.2, 0.25) is 5.91 Å². The van der Waals surface area contributed by atoms with Crippen molar-refractivity contribution in [1.29, 1.82) is 0 Å². The lowest BCUT2D eigenvalue weighted by Crippen LogP contribution is -2.47. The third kappa shape index (κ3) is 5.96. The fraction of sp³-hybridized carbons (Fsp3) is 0.619. The SMILES string of the molecule is CCN(CC)[C@H](CNC(=O)Nc1cccc(N2CCCCC2=O)c1)C(C)C. The first kappa shape index (κ1) is 21.2. The van der Waals surface area contributed by atoms with Crippen LogP contribution in [0.1, 0.15) is 47.0 Å². The van der Waals surface area contributed by atoms with Gasteiger partial charge in [0.1, 0.15) is 0 Å². The number of carbonyl (C=O) groups is 2. The molecule has 1 saturated heterocycles. The maximum Gasteiger partial charge on any atom is 0.319 e. The van der Waals surface area contributed by atoms with Crippen molar-refractivity contribution in [3.8, 4) is 0 Å². The molecule has 27 heavy (non-hydrogen) atoms. The van der Waals surface area contributed by atoms with Gasteiger partial charge in [0.05, 0.1) is 0 Å². The third-order valence-electron chi connectivity index (χ3n) is 5.26. The molecule has 6 nitrogen and oxygen atoms in total.